The maximum Gasteiger partial charge on any atom is 0.241 e. The molecule has 0 amide bonds. The lowest BCUT2D eigenvalue weighted by Gasteiger charge is -2.30. The quantitative estimate of drug-likeness (QED) is 0.885. The molecule has 0 saturated carbocycles. The number of nitrogens with zero attached hydrogens (tertiary/aromatic N) is 2. The third-order valence-corrected chi connectivity index (χ3v) is 5.98. The Morgan fingerprint density at radius 2 is 2.09 bits per heavy atom. The summed E-state index contributed by atoms with van der Waals surface area (Å²) in [6.07, 6.45) is 2.34. The van der Waals surface area contributed by atoms with Crippen LogP contribution in [-0.2, 0) is 23.0 Å². The predicted octanol–water partition coefficient (Wildman–Crippen LogP) is 2.31. The Bertz CT molecular complexity index is 791. The maximum absolute atomic E-state index is 11.7. The van der Waals surface area contributed by atoms with Gasteiger partial charge >= 0.3 is 0 Å². The zero-order valence-corrected chi connectivity index (χ0v) is 14.5. The van der Waals surface area contributed by atoms with Crippen LogP contribution in [0.4, 0.5) is 5.82 Å². The van der Waals surface area contributed by atoms with Crippen molar-refractivity contribution in [2.75, 3.05) is 18.5 Å². The third kappa shape index (κ3) is 2.88. The van der Waals surface area contributed by atoms with Crippen LogP contribution in [0.1, 0.15) is 11.1 Å². The van der Waals surface area contributed by atoms with Gasteiger partial charge in [0.2, 0.25) is 10.0 Å². The topological polar surface area (TPSA) is 62.3 Å². The largest absolute Gasteiger partial charge is 0.352 e. The van der Waals surface area contributed by atoms with E-state index in [1.165, 1.54) is 24.4 Å². The van der Waals surface area contributed by atoms with Crippen molar-refractivity contribution >= 4 is 31.8 Å². The van der Waals surface area contributed by atoms with Crippen LogP contribution in [0.5, 0.6) is 0 Å². The SMILES string of the molecule is CNS(=O)(=O)c1ccc(N2CCc3c(Br)cccc3C2)nc1. The molecule has 1 N–H and O–H groups in total. The summed E-state index contributed by atoms with van der Waals surface area (Å²) in [6, 6.07) is 9.55. The number of hydrogen-bond acceptors (Lipinski definition) is 4. The third-order valence-electron chi connectivity index (χ3n) is 3.83. The monoisotopic (exact) mass is 381 g/mol. The van der Waals surface area contributed by atoms with Crippen molar-refractivity contribution in [3.05, 3.63) is 52.1 Å². The van der Waals surface area contributed by atoms with Crippen LogP contribution in [0.2, 0.25) is 0 Å². The molecule has 2 aromatic rings. The van der Waals surface area contributed by atoms with Gasteiger partial charge in [0.1, 0.15) is 10.7 Å². The van der Waals surface area contributed by atoms with Gasteiger partial charge in [0.05, 0.1) is 0 Å². The van der Waals surface area contributed by atoms with E-state index in [1.54, 1.807) is 12.1 Å². The summed E-state index contributed by atoms with van der Waals surface area (Å²) in [6.45, 7) is 1.64. The van der Waals surface area contributed by atoms with Crippen LogP contribution in [0, 0.1) is 0 Å². The number of fused-ring (bicyclic) bond motifs is 1. The molecule has 0 aliphatic carbocycles. The highest BCUT2D eigenvalue weighted by molar-refractivity contribution is 9.10. The highest BCUT2D eigenvalue weighted by Gasteiger charge is 2.20. The van der Waals surface area contributed by atoms with Gasteiger partial charge in [-0.25, -0.2) is 18.1 Å². The summed E-state index contributed by atoms with van der Waals surface area (Å²) in [5.74, 6) is 0.792. The first-order valence-corrected chi connectivity index (χ1v) is 9.20. The van der Waals surface area contributed by atoms with Crippen LogP contribution in [-0.4, -0.2) is 27.0 Å². The van der Waals surface area contributed by atoms with Crippen molar-refractivity contribution in [2.45, 2.75) is 17.9 Å². The molecular weight excluding hydrogens is 366 g/mol. The summed E-state index contributed by atoms with van der Waals surface area (Å²) in [5, 5.41) is 0. The van der Waals surface area contributed by atoms with Crippen molar-refractivity contribution < 1.29 is 8.42 Å². The first-order chi connectivity index (χ1) is 10.5. The maximum atomic E-state index is 11.7. The second kappa shape index (κ2) is 5.98. The number of hydrogen-bond donors (Lipinski definition) is 1. The first kappa shape index (κ1) is 15.5. The van der Waals surface area contributed by atoms with Crippen LogP contribution in [0.15, 0.2) is 45.9 Å². The van der Waals surface area contributed by atoms with E-state index in [1.807, 2.05) is 6.07 Å². The van der Waals surface area contributed by atoms with E-state index in [-0.39, 0.29) is 4.90 Å². The van der Waals surface area contributed by atoms with Crippen molar-refractivity contribution in [3.63, 3.8) is 0 Å². The number of pyridine rings is 1. The standard InChI is InChI=1S/C15H16BrN3O2S/c1-17-22(20,21)12-5-6-15(18-9-12)19-8-7-13-11(10-19)3-2-4-14(13)16/h2-6,9,17H,7-8,10H2,1H3. The molecule has 2 heterocycles. The molecule has 0 spiro atoms. The molecule has 1 aliphatic heterocycles. The fraction of sp³-hybridized carbons (Fsp3) is 0.267. The van der Waals surface area contributed by atoms with Crippen molar-refractivity contribution in [1.82, 2.24) is 9.71 Å². The summed E-state index contributed by atoms with van der Waals surface area (Å²) in [5.41, 5.74) is 2.61. The minimum Gasteiger partial charge on any atom is -0.352 e. The van der Waals surface area contributed by atoms with Crippen LogP contribution in [0.25, 0.3) is 0 Å². The molecule has 0 saturated heterocycles. The van der Waals surface area contributed by atoms with Gasteiger partial charge in [-0.1, -0.05) is 28.1 Å². The van der Waals surface area contributed by atoms with E-state index in [4.69, 9.17) is 0 Å². The van der Waals surface area contributed by atoms with E-state index >= 15 is 0 Å². The van der Waals surface area contributed by atoms with Crippen LogP contribution < -0.4 is 9.62 Å². The van der Waals surface area contributed by atoms with Gasteiger partial charge in [-0.05, 0) is 42.8 Å². The van der Waals surface area contributed by atoms with E-state index in [2.05, 4.69) is 42.7 Å². The molecule has 0 radical (unpaired) electrons. The van der Waals surface area contributed by atoms with E-state index in [0.717, 1.165) is 29.8 Å². The smallest absolute Gasteiger partial charge is 0.241 e. The number of benzene rings is 1. The average Bonchev–Trinajstić information content (AvgIpc) is 2.55. The second-order valence-corrected chi connectivity index (χ2v) is 7.85. The molecule has 3 rings (SSSR count). The number of anilines is 1. The highest BCUT2D eigenvalue weighted by Crippen LogP contribution is 2.28. The number of sulfonamides is 1. The molecule has 116 valence electrons. The molecule has 1 aliphatic rings. The summed E-state index contributed by atoms with van der Waals surface area (Å²) >= 11 is 3.59. The van der Waals surface area contributed by atoms with E-state index in [0.29, 0.717) is 0 Å². The fourth-order valence-electron chi connectivity index (χ4n) is 2.59. The fourth-order valence-corrected chi connectivity index (χ4v) is 3.87. The lowest BCUT2D eigenvalue weighted by atomic mass is 10.00. The molecule has 0 atom stereocenters. The first-order valence-electron chi connectivity index (χ1n) is 6.92. The summed E-state index contributed by atoms with van der Waals surface area (Å²) < 4.78 is 26.9. The molecule has 7 heteroatoms. The molecule has 0 bridgehead atoms. The van der Waals surface area contributed by atoms with Crippen molar-refractivity contribution in [1.29, 1.82) is 0 Å². The Morgan fingerprint density at radius 1 is 1.27 bits per heavy atom. The Hall–Kier alpha value is -1.44. The van der Waals surface area contributed by atoms with E-state index in [9.17, 15) is 8.42 Å². The van der Waals surface area contributed by atoms with Crippen molar-refractivity contribution in [2.24, 2.45) is 0 Å². The molecule has 5 nitrogen and oxygen atoms in total. The Labute approximate surface area is 138 Å². The predicted molar refractivity (Wildman–Crippen MR) is 89.4 cm³/mol. The van der Waals surface area contributed by atoms with Gasteiger partial charge in [-0.3, -0.25) is 0 Å². The zero-order valence-electron chi connectivity index (χ0n) is 12.1. The van der Waals surface area contributed by atoms with Crippen LogP contribution >= 0.6 is 15.9 Å². The molecule has 1 aromatic heterocycles. The van der Waals surface area contributed by atoms with Gasteiger partial charge in [-0.15, -0.1) is 0 Å². The summed E-state index contributed by atoms with van der Waals surface area (Å²) in [7, 11) is -2.05. The lowest BCUT2D eigenvalue weighted by Crippen LogP contribution is -2.31. The van der Waals surface area contributed by atoms with Gasteiger partial charge in [0.15, 0.2) is 0 Å². The molecule has 1 aromatic carbocycles. The van der Waals surface area contributed by atoms with E-state index < -0.39 is 10.0 Å². The number of halogens is 1. The Balaban J connectivity index is 1.85. The van der Waals surface area contributed by atoms with Crippen LogP contribution in [0.3, 0.4) is 0 Å². The normalized spacial score (nSPS) is 14.7. The Morgan fingerprint density at radius 3 is 2.77 bits per heavy atom. The second-order valence-electron chi connectivity index (χ2n) is 5.11. The van der Waals surface area contributed by atoms with Gasteiger partial charge < -0.3 is 4.90 Å². The lowest BCUT2D eigenvalue weighted by molar-refractivity contribution is 0.587. The zero-order chi connectivity index (χ0) is 15.7. The molecule has 22 heavy (non-hydrogen) atoms. The number of nitrogens with one attached hydrogen (secondary N) is 1. The minimum atomic E-state index is -3.44. The molecule has 0 fully saturated rings. The Kier molecular flexibility index (Phi) is 4.20. The molecule has 0 unspecified atom stereocenters. The van der Waals surface area contributed by atoms with Gasteiger partial charge in [0, 0.05) is 23.8 Å². The highest BCUT2D eigenvalue weighted by atomic mass is 79.9. The minimum absolute atomic E-state index is 0.180. The average molecular weight is 382 g/mol. The molecular formula is C15H16BrN3O2S. The van der Waals surface area contributed by atoms with Gasteiger partial charge in [0.25, 0.3) is 0 Å². The van der Waals surface area contributed by atoms with Gasteiger partial charge in [-0.2, -0.15) is 0 Å². The number of rotatable bonds is 3. The summed E-state index contributed by atoms with van der Waals surface area (Å²) in [4.78, 5) is 6.64. The number of aromatic nitrogens is 1. The van der Waals surface area contributed by atoms with Crippen molar-refractivity contribution in [3.8, 4) is 0 Å².